The Morgan fingerprint density at radius 3 is 2.75 bits per heavy atom. The van der Waals surface area contributed by atoms with E-state index in [-0.39, 0.29) is 18.4 Å². The highest BCUT2D eigenvalue weighted by Gasteiger charge is 2.34. The third kappa shape index (κ3) is 3.20. The Morgan fingerprint density at radius 2 is 2.10 bits per heavy atom. The number of carbonyl (C=O) groups excluding carboxylic acids is 2. The number of nitrogens with one attached hydrogen (secondary N) is 1. The Labute approximate surface area is 126 Å². The van der Waals surface area contributed by atoms with Crippen LogP contribution in [0.4, 0.5) is 0 Å². The molecule has 1 fully saturated rings. The minimum atomic E-state index is -0.417. The molecule has 1 aliphatic rings. The van der Waals surface area contributed by atoms with E-state index in [1.165, 1.54) is 0 Å². The van der Waals surface area contributed by atoms with E-state index < -0.39 is 6.04 Å². The van der Waals surface area contributed by atoms with Gasteiger partial charge in [-0.15, -0.1) is 6.42 Å². The van der Waals surface area contributed by atoms with Crippen LogP contribution < -0.4 is 5.32 Å². The van der Waals surface area contributed by atoms with Gasteiger partial charge in [0.1, 0.15) is 6.04 Å². The largest absolute Gasteiger partial charge is 0.343 e. The number of nitrogens with zero attached hydrogens (tertiary/aromatic N) is 1. The van der Waals surface area contributed by atoms with Gasteiger partial charge in [-0.3, -0.25) is 9.59 Å². The summed E-state index contributed by atoms with van der Waals surface area (Å²) in [5.41, 5.74) is 0.588. The Hall–Kier alpha value is -1.80. The molecule has 2 amide bonds. The number of halogens is 1. The average molecular weight is 335 g/mol. The molecule has 1 aromatic rings. The Balaban J connectivity index is 2.10. The van der Waals surface area contributed by atoms with Gasteiger partial charge >= 0.3 is 0 Å². The van der Waals surface area contributed by atoms with Crippen molar-refractivity contribution in [2.24, 2.45) is 0 Å². The molecule has 1 saturated heterocycles. The first kappa shape index (κ1) is 14.6. The summed E-state index contributed by atoms with van der Waals surface area (Å²) in [6.45, 7) is 0.790. The van der Waals surface area contributed by atoms with Crippen LogP contribution in [0.5, 0.6) is 0 Å². The van der Waals surface area contributed by atoms with E-state index in [9.17, 15) is 9.59 Å². The zero-order valence-electron chi connectivity index (χ0n) is 10.9. The quantitative estimate of drug-likeness (QED) is 0.857. The average Bonchev–Trinajstić information content (AvgIpc) is 2.94. The molecule has 0 aromatic heterocycles. The minimum Gasteiger partial charge on any atom is -0.343 e. The van der Waals surface area contributed by atoms with Gasteiger partial charge in [0.25, 0.3) is 5.91 Å². The molecule has 1 N–H and O–H groups in total. The van der Waals surface area contributed by atoms with E-state index in [0.717, 1.165) is 10.9 Å². The predicted octanol–water partition coefficient (Wildman–Crippen LogP) is 1.80. The van der Waals surface area contributed by atoms with Crippen LogP contribution in [0.1, 0.15) is 23.2 Å². The van der Waals surface area contributed by atoms with Crippen LogP contribution in [0, 0.1) is 12.3 Å². The molecule has 1 aromatic carbocycles. The molecule has 1 aliphatic heterocycles. The van der Waals surface area contributed by atoms with E-state index in [4.69, 9.17) is 6.42 Å². The third-order valence-corrected chi connectivity index (χ3v) is 3.80. The highest BCUT2D eigenvalue weighted by Crippen LogP contribution is 2.21. The highest BCUT2D eigenvalue weighted by atomic mass is 79.9. The van der Waals surface area contributed by atoms with Crippen molar-refractivity contribution in [1.29, 1.82) is 0 Å². The van der Waals surface area contributed by atoms with E-state index in [1.807, 2.05) is 12.1 Å². The fourth-order valence-electron chi connectivity index (χ4n) is 2.30. The smallest absolute Gasteiger partial charge is 0.254 e. The van der Waals surface area contributed by atoms with E-state index >= 15 is 0 Å². The number of rotatable bonds is 3. The number of amides is 2. The standard InChI is InChI=1S/C15H15BrN2O2/c1-2-9-17-14(19)13-4-3-10-18(13)15(20)11-5-7-12(16)8-6-11/h1,5-8,13H,3-4,9-10H2,(H,17,19)/t13-/m0/s1. The Morgan fingerprint density at radius 1 is 1.40 bits per heavy atom. The Bertz CT molecular complexity index is 548. The lowest BCUT2D eigenvalue weighted by atomic mass is 10.1. The van der Waals surface area contributed by atoms with Crippen LogP contribution in [0.3, 0.4) is 0 Å². The van der Waals surface area contributed by atoms with Crippen molar-refractivity contribution in [1.82, 2.24) is 10.2 Å². The predicted molar refractivity (Wildman–Crippen MR) is 80.0 cm³/mol. The maximum atomic E-state index is 12.4. The minimum absolute atomic E-state index is 0.115. The van der Waals surface area contributed by atoms with Gasteiger partial charge in [-0.2, -0.15) is 0 Å². The lowest BCUT2D eigenvalue weighted by molar-refractivity contribution is -0.124. The summed E-state index contributed by atoms with van der Waals surface area (Å²) in [4.78, 5) is 26.1. The first-order valence-corrected chi connectivity index (χ1v) is 7.20. The van der Waals surface area contributed by atoms with E-state index in [1.54, 1.807) is 17.0 Å². The molecule has 1 heterocycles. The van der Waals surface area contributed by atoms with Crippen molar-refractivity contribution >= 4 is 27.7 Å². The molecule has 0 bridgehead atoms. The lowest BCUT2D eigenvalue weighted by Gasteiger charge is -2.23. The van der Waals surface area contributed by atoms with Gasteiger partial charge in [-0.25, -0.2) is 0 Å². The van der Waals surface area contributed by atoms with Crippen LogP contribution >= 0.6 is 15.9 Å². The first-order valence-electron chi connectivity index (χ1n) is 6.41. The number of carbonyl (C=O) groups is 2. The molecular weight excluding hydrogens is 320 g/mol. The van der Waals surface area contributed by atoms with Crippen LogP contribution in [-0.4, -0.2) is 35.8 Å². The van der Waals surface area contributed by atoms with Gasteiger partial charge in [0.05, 0.1) is 6.54 Å². The summed E-state index contributed by atoms with van der Waals surface area (Å²) in [6.07, 6.45) is 6.63. The summed E-state index contributed by atoms with van der Waals surface area (Å²) in [5, 5.41) is 2.64. The second-order valence-electron chi connectivity index (χ2n) is 4.59. The number of likely N-dealkylation sites (tertiary alicyclic amines) is 1. The fraction of sp³-hybridized carbons (Fsp3) is 0.333. The SMILES string of the molecule is C#CCNC(=O)[C@@H]1CCCN1C(=O)c1ccc(Br)cc1. The number of benzene rings is 1. The maximum Gasteiger partial charge on any atom is 0.254 e. The first-order chi connectivity index (χ1) is 9.63. The van der Waals surface area contributed by atoms with Gasteiger partial charge in [0.2, 0.25) is 5.91 Å². The summed E-state index contributed by atoms with van der Waals surface area (Å²) >= 11 is 3.33. The van der Waals surface area contributed by atoms with Gasteiger partial charge < -0.3 is 10.2 Å². The topological polar surface area (TPSA) is 49.4 Å². The fourth-order valence-corrected chi connectivity index (χ4v) is 2.56. The van der Waals surface area contributed by atoms with Crippen molar-refractivity contribution in [2.75, 3.05) is 13.1 Å². The molecule has 5 heteroatoms. The number of hydrogen-bond acceptors (Lipinski definition) is 2. The molecule has 1 atom stereocenters. The van der Waals surface area contributed by atoms with E-state index in [2.05, 4.69) is 27.2 Å². The molecular formula is C15H15BrN2O2. The number of terminal acetylenes is 1. The Kier molecular flexibility index (Phi) is 4.80. The lowest BCUT2D eigenvalue weighted by Crippen LogP contribution is -2.46. The van der Waals surface area contributed by atoms with Crippen molar-refractivity contribution < 1.29 is 9.59 Å². The van der Waals surface area contributed by atoms with Crippen molar-refractivity contribution in [3.63, 3.8) is 0 Å². The van der Waals surface area contributed by atoms with Crippen LogP contribution in [0.2, 0.25) is 0 Å². The normalized spacial score (nSPS) is 17.6. The summed E-state index contributed by atoms with van der Waals surface area (Å²) in [6, 6.07) is 6.72. The van der Waals surface area contributed by atoms with Gasteiger partial charge in [0, 0.05) is 16.6 Å². The molecule has 0 unspecified atom stereocenters. The van der Waals surface area contributed by atoms with Crippen molar-refractivity contribution in [2.45, 2.75) is 18.9 Å². The van der Waals surface area contributed by atoms with Crippen LogP contribution in [0.15, 0.2) is 28.7 Å². The zero-order chi connectivity index (χ0) is 14.5. The highest BCUT2D eigenvalue weighted by molar-refractivity contribution is 9.10. The third-order valence-electron chi connectivity index (χ3n) is 3.27. The zero-order valence-corrected chi connectivity index (χ0v) is 12.5. The van der Waals surface area contributed by atoms with Gasteiger partial charge in [0.15, 0.2) is 0 Å². The summed E-state index contributed by atoms with van der Waals surface area (Å²) < 4.78 is 0.916. The van der Waals surface area contributed by atoms with Crippen molar-refractivity contribution in [3.05, 3.63) is 34.3 Å². The second kappa shape index (κ2) is 6.58. The molecule has 2 rings (SSSR count). The van der Waals surface area contributed by atoms with Gasteiger partial charge in [-0.1, -0.05) is 21.9 Å². The monoisotopic (exact) mass is 334 g/mol. The van der Waals surface area contributed by atoms with Crippen molar-refractivity contribution in [3.8, 4) is 12.3 Å². The second-order valence-corrected chi connectivity index (χ2v) is 5.50. The van der Waals surface area contributed by atoms with Gasteiger partial charge in [-0.05, 0) is 37.1 Å². The number of hydrogen-bond donors (Lipinski definition) is 1. The molecule has 4 nitrogen and oxygen atoms in total. The molecule has 0 saturated carbocycles. The molecule has 0 radical (unpaired) electrons. The molecule has 0 aliphatic carbocycles. The van der Waals surface area contributed by atoms with Crippen LogP contribution in [-0.2, 0) is 4.79 Å². The maximum absolute atomic E-state index is 12.4. The molecule has 104 valence electrons. The van der Waals surface area contributed by atoms with Crippen LogP contribution in [0.25, 0.3) is 0 Å². The van der Waals surface area contributed by atoms with E-state index in [0.29, 0.717) is 18.5 Å². The summed E-state index contributed by atoms with van der Waals surface area (Å²) in [5.74, 6) is 2.07. The molecule has 0 spiro atoms. The summed E-state index contributed by atoms with van der Waals surface area (Å²) in [7, 11) is 0. The molecule has 20 heavy (non-hydrogen) atoms.